The fraction of sp³-hybridized carbons (Fsp3) is 0.0952. The SMILES string of the molecule is COc1ccc(S(=O)(=O)Nc2ccc(Oc3ccccc3)cc2)cc1NC(C)=O. The topological polar surface area (TPSA) is 93.7 Å². The molecule has 8 heteroatoms. The molecule has 0 aliphatic rings. The Morgan fingerprint density at radius 2 is 1.55 bits per heavy atom. The molecule has 0 heterocycles. The monoisotopic (exact) mass is 412 g/mol. The minimum absolute atomic E-state index is 0.00772. The lowest BCUT2D eigenvalue weighted by molar-refractivity contribution is -0.114. The largest absolute Gasteiger partial charge is 0.495 e. The molecule has 0 aliphatic carbocycles. The molecule has 0 radical (unpaired) electrons. The van der Waals surface area contributed by atoms with E-state index in [1.54, 1.807) is 24.3 Å². The first kappa shape index (κ1) is 20.2. The van der Waals surface area contributed by atoms with E-state index >= 15 is 0 Å². The third-order valence-electron chi connectivity index (χ3n) is 3.88. The molecule has 1 amide bonds. The lowest BCUT2D eigenvalue weighted by Crippen LogP contribution is -2.14. The predicted octanol–water partition coefficient (Wildman–Crippen LogP) is 4.25. The number of methoxy groups -OCH3 is 1. The summed E-state index contributed by atoms with van der Waals surface area (Å²) < 4.78 is 38.8. The van der Waals surface area contributed by atoms with E-state index in [4.69, 9.17) is 9.47 Å². The second kappa shape index (κ2) is 8.66. The standard InChI is InChI=1S/C21H20N2O5S/c1-15(24)22-20-14-19(12-13-21(20)27-2)29(25,26)23-16-8-10-18(11-9-16)28-17-6-4-3-5-7-17/h3-14,23H,1-2H3,(H,22,24). The van der Waals surface area contributed by atoms with Gasteiger partial charge < -0.3 is 14.8 Å². The van der Waals surface area contributed by atoms with Crippen LogP contribution in [-0.2, 0) is 14.8 Å². The third kappa shape index (κ3) is 5.26. The molecular formula is C21H20N2O5S. The summed E-state index contributed by atoms with van der Waals surface area (Å²) in [6.45, 7) is 1.33. The highest BCUT2D eigenvalue weighted by molar-refractivity contribution is 7.92. The minimum Gasteiger partial charge on any atom is -0.495 e. The van der Waals surface area contributed by atoms with Gasteiger partial charge in [-0.15, -0.1) is 0 Å². The van der Waals surface area contributed by atoms with Gasteiger partial charge in [-0.3, -0.25) is 9.52 Å². The first-order valence-corrected chi connectivity index (χ1v) is 10.2. The average Bonchev–Trinajstić information content (AvgIpc) is 2.69. The maximum atomic E-state index is 12.7. The van der Waals surface area contributed by atoms with E-state index in [0.717, 1.165) is 0 Å². The molecule has 150 valence electrons. The maximum absolute atomic E-state index is 12.7. The van der Waals surface area contributed by atoms with Gasteiger partial charge in [0.25, 0.3) is 10.0 Å². The normalized spacial score (nSPS) is 10.8. The Morgan fingerprint density at radius 3 is 2.17 bits per heavy atom. The van der Waals surface area contributed by atoms with Crippen LogP contribution in [0.4, 0.5) is 11.4 Å². The number of anilines is 2. The smallest absolute Gasteiger partial charge is 0.261 e. The first-order valence-electron chi connectivity index (χ1n) is 8.69. The molecule has 0 unspecified atom stereocenters. The summed E-state index contributed by atoms with van der Waals surface area (Å²) in [6.07, 6.45) is 0. The van der Waals surface area contributed by atoms with Crippen molar-refractivity contribution in [1.82, 2.24) is 0 Å². The third-order valence-corrected chi connectivity index (χ3v) is 5.26. The molecule has 0 fully saturated rings. The number of rotatable bonds is 7. The molecule has 0 aliphatic heterocycles. The summed E-state index contributed by atoms with van der Waals surface area (Å²) in [4.78, 5) is 11.3. The van der Waals surface area contributed by atoms with Crippen molar-refractivity contribution in [2.75, 3.05) is 17.1 Å². The molecule has 0 atom stereocenters. The predicted molar refractivity (Wildman–Crippen MR) is 111 cm³/mol. The highest BCUT2D eigenvalue weighted by Gasteiger charge is 2.17. The number of benzene rings is 3. The van der Waals surface area contributed by atoms with E-state index in [2.05, 4.69) is 10.0 Å². The van der Waals surface area contributed by atoms with Gasteiger partial charge in [-0.1, -0.05) is 18.2 Å². The van der Waals surface area contributed by atoms with Crippen molar-refractivity contribution < 1.29 is 22.7 Å². The molecule has 0 spiro atoms. The van der Waals surface area contributed by atoms with Crippen LogP contribution in [0.2, 0.25) is 0 Å². The van der Waals surface area contributed by atoms with Gasteiger partial charge in [-0.2, -0.15) is 0 Å². The highest BCUT2D eigenvalue weighted by atomic mass is 32.2. The van der Waals surface area contributed by atoms with Gasteiger partial charge in [0, 0.05) is 12.6 Å². The molecule has 0 bridgehead atoms. The van der Waals surface area contributed by atoms with E-state index < -0.39 is 10.0 Å². The number of para-hydroxylation sites is 1. The lowest BCUT2D eigenvalue weighted by Gasteiger charge is -2.13. The van der Waals surface area contributed by atoms with Gasteiger partial charge >= 0.3 is 0 Å². The molecule has 0 saturated heterocycles. The van der Waals surface area contributed by atoms with Gasteiger partial charge in [0.15, 0.2) is 0 Å². The molecule has 3 aromatic carbocycles. The highest BCUT2D eigenvalue weighted by Crippen LogP contribution is 2.29. The number of ether oxygens (including phenoxy) is 2. The lowest BCUT2D eigenvalue weighted by atomic mass is 10.3. The van der Waals surface area contributed by atoms with Crippen LogP contribution in [0.5, 0.6) is 17.2 Å². The zero-order valence-corrected chi connectivity index (χ0v) is 16.7. The van der Waals surface area contributed by atoms with Crippen molar-refractivity contribution in [3.05, 3.63) is 72.8 Å². The van der Waals surface area contributed by atoms with Gasteiger partial charge in [-0.05, 0) is 54.6 Å². The van der Waals surface area contributed by atoms with E-state index in [1.165, 1.54) is 32.2 Å². The van der Waals surface area contributed by atoms with Gasteiger partial charge in [-0.25, -0.2) is 8.42 Å². The van der Waals surface area contributed by atoms with Crippen molar-refractivity contribution in [3.63, 3.8) is 0 Å². The number of hydrogen-bond donors (Lipinski definition) is 2. The first-order chi connectivity index (χ1) is 13.9. The molecule has 29 heavy (non-hydrogen) atoms. The quantitative estimate of drug-likeness (QED) is 0.605. The molecule has 3 aromatic rings. The molecular weight excluding hydrogens is 392 g/mol. The van der Waals surface area contributed by atoms with E-state index in [9.17, 15) is 13.2 Å². The van der Waals surface area contributed by atoms with E-state index in [1.807, 2.05) is 30.3 Å². The Morgan fingerprint density at radius 1 is 0.897 bits per heavy atom. The second-order valence-corrected chi connectivity index (χ2v) is 7.77. The second-order valence-electron chi connectivity index (χ2n) is 6.09. The summed E-state index contributed by atoms with van der Waals surface area (Å²) >= 11 is 0. The molecule has 2 N–H and O–H groups in total. The van der Waals surface area contributed by atoms with Crippen LogP contribution < -0.4 is 19.5 Å². The van der Waals surface area contributed by atoms with Crippen molar-refractivity contribution >= 4 is 27.3 Å². The Balaban J connectivity index is 1.77. The number of carbonyl (C=O) groups excluding carboxylic acids is 1. The number of carbonyl (C=O) groups is 1. The molecule has 3 rings (SSSR count). The zero-order valence-electron chi connectivity index (χ0n) is 15.9. The fourth-order valence-electron chi connectivity index (χ4n) is 2.57. The van der Waals surface area contributed by atoms with Crippen LogP contribution in [0.1, 0.15) is 6.92 Å². The minimum atomic E-state index is -3.87. The Bertz CT molecular complexity index is 1100. The summed E-state index contributed by atoms with van der Waals surface area (Å²) in [7, 11) is -2.43. The molecule has 0 saturated carbocycles. The number of amides is 1. The molecule has 0 aromatic heterocycles. The molecule has 7 nitrogen and oxygen atoms in total. The Labute approximate surface area is 169 Å². The summed E-state index contributed by atoms with van der Waals surface area (Å²) in [6, 6.07) is 20.0. The van der Waals surface area contributed by atoms with Crippen molar-refractivity contribution in [1.29, 1.82) is 0 Å². The number of sulfonamides is 1. The average molecular weight is 412 g/mol. The number of nitrogens with one attached hydrogen (secondary N) is 2. The van der Waals surface area contributed by atoms with Crippen molar-refractivity contribution in [2.45, 2.75) is 11.8 Å². The Kier molecular flexibility index (Phi) is 6.04. The van der Waals surface area contributed by atoms with Crippen molar-refractivity contribution in [3.8, 4) is 17.2 Å². The van der Waals surface area contributed by atoms with Crippen LogP contribution in [0.15, 0.2) is 77.7 Å². The van der Waals surface area contributed by atoms with Crippen molar-refractivity contribution in [2.24, 2.45) is 0 Å². The Hall–Kier alpha value is -3.52. The summed E-state index contributed by atoms with van der Waals surface area (Å²) in [5.74, 6) is 1.29. The summed E-state index contributed by atoms with van der Waals surface area (Å²) in [5, 5.41) is 2.56. The number of hydrogen-bond acceptors (Lipinski definition) is 5. The van der Waals surface area contributed by atoms with E-state index in [0.29, 0.717) is 22.9 Å². The van der Waals surface area contributed by atoms with Crippen LogP contribution in [0, 0.1) is 0 Å². The van der Waals surface area contributed by atoms with Crippen LogP contribution >= 0.6 is 0 Å². The van der Waals surface area contributed by atoms with Crippen LogP contribution in [0.3, 0.4) is 0 Å². The van der Waals surface area contributed by atoms with Gasteiger partial charge in [0.2, 0.25) is 5.91 Å². The van der Waals surface area contributed by atoms with Crippen LogP contribution in [-0.4, -0.2) is 21.4 Å². The van der Waals surface area contributed by atoms with E-state index in [-0.39, 0.29) is 16.5 Å². The fourth-order valence-corrected chi connectivity index (χ4v) is 3.66. The summed E-state index contributed by atoms with van der Waals surface area (Å²) in [5.41, 5.74) is 0.650. The zero-order chi connectivity index (χ0) is 20.9. The van der Waals surface area contributed by atoms with Gasteiger partial charge in [0.05, 0.1) is 17.7 Å². The van der Waals surface area contributed by atoms with Gasteiger partial charge in [0.1, 0.15) is 17.2 Å². The maximum Gasteiger partial charge on any atom is 0.261 e. The van der Waals surface area contributed by atoms with Crippen LogP contribution in [0.25, 0.3) is 0 Å².